The lowest BCUT2D eigenvalue weighted by Crippen LogP contribution is -2.07. The van der Waals surface area contributed by atoms with Crippen molar-refractivity contribution < 1.29 is 19.4 Å². The number of aliphatic hydroxyl groups is 1. The van der Waals surface area contributed by atoms with Gasteiger partial charge in [-0.3, -0.25) is 0 Å². The van der Waals surface area contributed by atoms with E-state index in [9.17, 15) is 4.79 Å². The van der Waals surface area contributed by atoms with Crippen molar-refractivity contribution in [1.82, 2.24) is 0 Å². The largest absolute Gasteiger partial charge is 0.394 e. The molecule has 4 heteroatoms. The molecule has 0 amide bonds. The Bertz CT molecular complexity index is 110. The first-order valence-corrected chi connectivity index (χ1v) is 6.03. The van der Waals surface area contributed by atoms with Crippen LogP contribution in [0.5, 0.6) is 0 Å². The molecule has 0 aromatic heterocycles. The second kappa shape index (κ2) is 20.0. The maximum absolute atomic E-state index is 9.40. The van der Waals surface area contributed by atoms with Crippen molar-refractivity contribution in [2.75, 3.05) is 33.0 Å². The summed E-state index contributed by atoms with van der Waals surface area (Å²) in [5.41, 5.74) is 0. The Morgan fingerprint density at radius 1 is 1.00 bits per heavy atom. The Labute approximate surface area is 98.9 Å². The molecule has 0 aliphatic heterocycles. The lowest BCUT2D eigenvalue weighted by molar-refractivity contribution is -0.107. The number of carbonyl (C=O) groups excluding carboxylic acids is 1. The number of unbranched alkanes of at least 4 members (excludes halogenated alkanes) is 2. The van der Waals surface area contributed by atoms with Crippen molar-refractivity contribution in [2.45, 2.75) is 39.5 Å². The van der Waals surface area contributed by atoms with Gasteiger partial charge in [-0.05, 0) is 12.8 Å². The summed E-state index contributed by atoms with van der Waals surface area (Å²) in [4.78, 5) is 9.40. The molecule has 1 N–H and O–H groups in total. The Morgan fingerprint density at radius 3 is 2.00 bits per heavy atom. The van der Waals surface area contributed by atoms with E-state index in [1.54, 1.807) is 0 Å². The fourth-order valence-electron chi connectivity index (χ4n) is 0.751. The average Bonchev–Trinajstić information content (AvgIpc) is 2.30. The first-order chi connectivity index (χ1) is 7.83. The summed E-state index contributed by atoms with van der Waals surface area (Å²) in [6.07, 6.45) is 4.89. The van der Waals surface area contributed by atoms with Crippen molar-refractivity contribution in [1.29, 1.82) is 0 Å². The van der Waals surface area contributed by atoms with Crippen molar-refractivity contribution in [3.05, 3.63) is 0 Å². The molecule has 0 spiro atoms. The molecule has 0 aromatic carbocycles. The fourth-order valence-corrected chi connectivity index (χ4v) is 0.751. The minimum absolute atomic E-state index is 0.0922. The highest BCUT2D eigenvalue weighted by Gasteiger charge is 1.87. The van der Waals surface area contributed by atoms with E-state index >= 15 is 0 Å². The van der Waals surface area contributed by atoms with Gasteiger partial charge in [0.05, 0.1) is 26.4 Å². The number of hydrogen-bond donors (Lipinski definition) is 1. The SMILES string of the molecule is CCCC=O.CCCCOCCOCCO. The van der Waals surface area contributed by atoms with Gasteiger partial charge in [0, 0.05) is 13.0 Å². The summed E-state index contributed by atoms with van der Waals surface area (Å²) in [6, 6.07) is 0. The first-order valence-electron chi connectivity index (χ1n) is 6.03. The van der Waals surface area contributed by atoms with Crippen molar-refractivity contribution >= 4 is 6.29 Å². The van der Waals surface area contributed by atoms with Crippen LogP contribution in [-0.2, 0) is 14.3 Å². The molecule has 0 fully saturated rings. The molecule has 0 aliphatic carbocycles. The highest BCUT2D eigenvalue weighted by Crippen LogP contribution is 1.87. The zero-order valence-electron chi connectivity index (χ0n) is 10.6. The molecule has 0 rings (SSSR count). The standard InChI is InChI=1S/C8H18O3.C4H8O/c1-2-3-5-10-7-8-11-6-4-9;1-2-3-4-5/h9H,2-8H2,1H3;4H,2-3H2,1H3. The highest BCUT2D eigenvalue weighted by molar-refractivity contribution is 5.48. The van der Waals surface area contributed by atoms with E-state index in [4.69, 9.17) is 14.6 Å². The van der Waals surface area contributed by atoms with Crippen LogP contribution in [0.2, 0.25) is 0 Å². The maximum atomic E-state index is 9.40. The summed E-state index contributed by atoms with van der Waals surface area (Å²) in [5.74, 6) is 0. The molecular weight excluding hydrogens is 208 g/mol. The van der Waals surface area contributed by atoms with Crippen LogP contribution in [0, 0.1) is 0 Å². The van der Waals surface area contributed by atoms with Crippen LogP contribution in [0.15, 0.2) is 0 Å². The molecule has 0 saturated carbocycles. The predicted octanol–water partition coefficient (Wildman–Crippen LogP) is 1.80. The van der Waals surface area contributed by atoms with Gasteiger partial charge in [-0.1, -0.05) is 20.3 Å². The number of ether oxygens (including phenoxy) is 2. The first kappa shape index (κ1) is 17.9. The molecule has 0 atom stereocenters. The van der Waals surface area contributed by atoms with Crippen molar-refractivity contribution in [3.8, 4) is 0 Å². The molecule has 16 heavy (non-hydrogen) atoms. The molecule has 0 aliphatic rings. The number of aldehydes is 1. The van der Waals surface area contributed by atoms with Crippen LogP contribution < -0.4 is 0 Å². The average molecular weight is 234 g/mol. The van der Waals surface area contributed by atoms with Gasteiger partial charge in [0.15, 0.2) is 0 Å². The van der Waals surface area contributed by atoms with Crippen molar-refractivity contribution in [2.24, 2.45) is 0 Å². The van der Waals surface area contributed by atoms with E-state index < -0.39 is 0 Å². The van der Waals surface area contributed by atoms with Gasteiger partial charge in [0.1, 0.15) is 6.29 Å². The minimum atomic E-state index is 0.0922. The van der Waals surface area contributed by atoms with Crippen LogP contribution in [0.4, 0.5) is 0 Å². The number of carbonyl (C=O) groups is 1. The summed E-state index contributed by atoms with van der Waals surface area (Å²) in [6.45, 7) is 6.66. The predicted molar refractivity (Wildman–Crippen MR) is 64.6 cm³/mol. The molecular formula is C12H26O4. The summed E-state index contributed by atoms with van der Waals surface area (Å²) < 4.78 is 10.2. The third kappa shape index (κ3) is 23.4. The third-order valence-corrected chi connectivity index (χ3v) is 1.66. The van der Waals surface area contributed by atoms with E-state index in [0.717, 1.165) is 32.2 Å². The topological polar surface area (TPSA) is 55.8 Å². The van der Waals surface area contributed by atoms with E-state index in [1.165, 1.54) is 0 Å². The molecule has 0 bridgehead atoms. The Morgan fingerprint density at radius 2 is 1.62 bits per heavy atom. The van der Waals surface area contributed by atoms with E-state index in [-0.39, 0.29) is 6.61 Å². The van der Waals surface area contributed by atoms with Crippen LogP contribution in [0.25, 0.3) is 0 Å². The molecule has 0 aromatic rings. The highest BCUT2D eigenvalue weighted by atomic mass is 16.5. The van der Waals surface area contributed by atoms with Gasteiger partial charge in [-0.25, -0.2) is 0 Å². The lowest BCUT2D eigenvalue weighted by atomic mass is 10.4. The zero-order valence-corrected chi connectivity index (χ0v) is 10.6. The number of rotatable bonds is 10. The van der Waals surface area contributed by atoms with Gasteiger partial charge < -0.3 is 19.4 Å². The maximum Gasteiger partial charge on any atom is 0.119 e. The Kier molecular flexibility index (Phi) is 22.4. The summed E-state index contributed by atoms with van der Waals surface area (Å²) in [7, 11) is 0. The monoisotopic (exact) mass is 234 g/mol. The lowest BCUT2D eigenvalue weighted by Gasteiger charge is -2.02. The van der Waals surface area contributed by atoms with Gasteiger partial charge in [-0.2, -0.15) is 0 Å². The molecule has 0 radical (unpaired) electrons. The van der Waals surface area contributed by atoms with Gasteiger partial charge in [-0.15, -0.1) is 0 Å². The summed E-state index contributed by atoms with van der Waals surface area (Å²) in [5, 5.41) is 8.34. The van der Waals surface area contributed by atoms with Crippen LogP contribution in [0.1, 0.15) is 39.5 Å². The second-order valence-corrected chi connectivity index (χ2v) is 3.26. The van der Waals surface area contributed by atoms with E-state index in [2.05, 4.69) is 6.92 Å². The molecule has 0 heterocycles. The van der Waals surface area contributed by atoms with Gasteiger partial charge in [0.25, 0.3) is 0 Å². The van der Waals surface area contributed by atoms with Crippen LogP contribution >= 0.6 is 0 Å². The third-order valence-electron chi connectivity index (χ3n) is 1.66. The fraction of sp³-hybridized carbons (Fsp3) is 0.917. The van der Waals surface area contributed by atoms with E-state index in [0.29, 0.717) is 26.2 Å². The Hall–Kier alpha value is -0.450. The molecule has 0 unspecified atom stereocenters. The van der Waals surface area contributed by atoms with Crippen LogP contribution in [-0.4, -0.2) is 44.4 Å². The number of hydrogen-bond acceptors (Lipinski definition) is 4. The Balaban J connectivity index is 0. The van der Waals surface area contributed by atoms with Gasteiger partial charge in [0.2, 0.25) is 0 Å². The second-order valence-electron chi connectivity index (χ2n) is 3.26. The van der Waals surface area contributed by atoms with E-state index in [1.807, 2.05) is 6.92 Å². The summed E-state index contributed by atoms with van der Waals surface area (Å²) >= 11 is 0. The molecule has 98 valence electrons. The molecule has 0 saturated heterocycles. The minimum Gasteiger partial charge on any atom is -0.394 e. The van der Waals surface area contributed by atoms with Crippen LogP contribution in [0.3, 0.4) is 0 Å². The van der Waals surface area contributed by atoms with Crippen molar-refractivity contribution in [3.63, 3.8) is 0 Å². The normalized spacial score (nSPS) is 9.44. The molecule has 4 nitrogen and oxygen atoms in total. The smallest absolute Gasteiger partial charge is 0.119 e. The van der Waals surface area contributed by atoms with Gasteiger partial charge >= 0.3 is 0 Å². The zero-order chi connectivity index (χ0) is 12.5. The quantitative estimate of drug-likeness (QED) is 0.462. The number of aliphatic hydroxyl groups excluding tert-OH is 1.